The summed E-state index contributed by atoms with van der Waals surface area (Å²) in [7, 11) is 2.36. The van der Waals surface area contributed by atoms with E-state index in [4.69, 9.17) is 0 Å². The van der Waals surface area contributed by atoms with Crippen LogP contribution in [0.4, 0.5) is 0 Å². The van der Waals surface area contributed by atoms with E-state index >= 15 is 0 Å². The van der Waals surface area contributed by atoms with Crippen LogP contribution in [0.15, 0.2) is 11.1 Å². The van der Waals surface area contributed by atoms with Crippen molar-refractivity contribution in [3.63, 3.8) is 0 Å². The van der Waals surface area contributed by atoms with Crippen LogP contribution in [0.25, 0.3) is 0 Å². The molecule has 17 heavy (non-hydrogen) atoms. The third-order valence-electron chi connectivity index (χ3n) is 2.33. The molecule has 0 rings (SSSR count). The fourth-order valence-electron chi connectivity index (χ4n) is 1.54. The maximum atomic E-state index is 11.8. The highest BCUT2D eigenvalue weighted by Gasteiger charge is 2.48. The lowest BCUT2D eigenvalue weighted by Crippen LogP contribution is -2.41. The number of ether oxygens (including phenoxy) is 2. The van der Waals surface area contributed by atoms with Crippen LogP contribution >= 0.6 is 15.9 Å². The molecule has 0 amide bonds. The molecular formula is C11H15BrO5. The molecule has 0 spiro atoms. The summed E-state index contributed by atoms with van der Waals surface area (Å²) in [6.07, 6.45) is 0.753. The van der Waals surface area contributed by atoms with E-state index in [9.17, 15) is 14.4 Å². The molecule has 0 aliphatic rings. The highest BCUT2D eigenvalue weighted by molar-refractivity contribution is 9.11. The predicted molar refractivity (Wildman–Crippen MR) is 64.4 cm³/mol. The highest BCUT2D eigenvalue weighted by atomic mass is 79.9. The summed E-state index contributed by atoms with van der Waals surface area (Å²) < 4.78 is 9.70. The van der Waals surface area contributed by atoms with Gasteiger partial charge in [0.15, 0.2) is 5.41 Å². The molecule has 96 valence electrons. The van der Waals surface area contributed by atoms with Crippen LogP contribution in [0.2, 0.25) is 0 Å². The minimum atomic E-state index is -1.51. The quantitative estimate of drug-likeness (QED) is 0.406. The summed E-state index contributed by atoms with van der Waals surface area (Å²) in [5.41, 5.74) is -1.51. The van der Waals surface area contributed by atoms with Crippen LogP contribution in [0.3, 0.4) is 0 Å². The van der Waals surface area contributed by atoms with E-state index in [2.05, 4.69) is 32.0 Å². The lowest BCUT2D eigenvalue weighted by Gasteiger charge is -2.27. The van der Waals surface area contributed by atoms with Gasteiger partial charge >= 0.3 is 11.9 Å². The zero-order chi connectivity index (χ0) is 13.5. The minimum absolute atomic E-state index is 0.0280. The summed E-state index contributed by atoms with van der Waals surface area (Å²) >= 11 is 3.10. The Labute approximate surface area is 108 Å². The van der Waals surface area contributed by atoms with Gasteiger partial charge in [0, 0.05) is 12.8 Å². The second-order valence-corrected chi connectivity index (χ2v) is 4.59. The van der Waals surface area contributed by atoms with Crippen LogP contribution in [-0.4, -0.2) is 32.4 Å². The van der Waals surface area contributed by atoms with Gasteiger partial charge in [-0.05, 0) is 10.9 Å². The van der Waals surface area contributed by atoms with E-state index in [0.29, 0.717) is 10.8 Å². The maximum Gasteiger partial charge on any atom is 0.323 e. The van der Waals surface area contributed by atoms with Crippen molar-refractivity contribution < 1.29 is 23.9 Å². The molecule has 0 aliphatic heterocycles. The Kier molecular flexibility index (Phi) is 6.72. The summed E-state index contributed by atoms with van der Waals surface area (Å²) in [5, 5.41) is 0. The van der Waals surface area contributed by atoms with E-state index in [1.807, 2.05) is 0 Å². The molecule has 0 bridgehead atoms. The van der Waals surface area contributed by atoms with Crippen LogP contribution in [0.5, 0.6) is 0 Å². The first-order valence-corrected chi connectivity index (χ1v) is 5.67. The first-order chi connectivity index (χ1) is 7.94. The zero-order valence-electron chi connectivity index (χ0n) is 9.82. The van der Waals surface area contributed by atoms with Crippen LogP contribution < -0.4 is 0 Å². The Morgan fingerprint density at radius 3 is 2.06 bits per heavy atom. The van der Waals surface area contributed by atoms with E-state index in [1.165, 1.54) is 14.2 Å². The number of hydrogen-bond donors (Lipinski definition) is 0. The molecule has 6 heteroatoms. The number of carbonyl (C=O) groups is 3. The number of halogens is 1. The van der Waals surface area contributed by atoms with Crippen molar-refractivity contribution in [3.8, 4) is 0 Å². The predicted octanol–water partition coefficient (Wildman–Crippen LogP) is 1.60. The largest absolute Gasteiger partial charge is 0.468 e. The van der Waals surface area contributed by atoms with Gasteiger partial charge in [-0.3, -0.25) is 9.59 Å². The van der Waals surface area contributed by atoms with Crippen LogP contribution in [0, 0.1) is 5.41 Å². The second kappa shape index (κ2) is 7.21. The fraction of sp³-hybridized carbons (Fsp3) is 0.545. The van der Waals surface area contributed by atoms with Gasteiger partial charge < -0.3 is 14.3 Å². The SMILES string of the molecule is C=C(Br)CC(CCC=O)(C(=O)OC)C(=O)OC. The number of rotatable bonds is 7. The molecule has 0 atom stereocenters. The summed E-state index contributed by atoms with van der Waals surface area (Å²) in [6.45, 7) is 3.59. The van der Waals surface area contributed by atoms with Gasteiger partial charge in [0.05, 0.1) is 14.2 Å². The van der Waals surface area contributed by atoms with Crippen molar-refractivity contribution >= 4 is 34.2 Å². The van der Waals surface area contributed by atoms with Gasteiger partial charge in [-0.1, -0.05) is 22.5 Å². The molecule has 0 saturated carbocycles. The summed E-state index contributed by atoms with van der Waals surface area (Å²) in [6, 6.07) is 0. The van der Waals surface area contributed by atoms with E-state index in [-0.39, 0.29) is 19.3 Å². The molecular weight excluding hydrogens is 292 g/mol. The summed E-state index contributed by atoms with van der Waals surface area (Å²) in [5.74, 6) is -1.46. The van der Waals surface area contributed by atoms with Gasteiger partial charge in [0.2, 0.25) is 0 Å². The number of carbonyl (C=O) groups excluding carboxylic acids is 3. The number of allylic oxidation sites excluding steroid dienone is 1. The Morgan fingerprint density at radius 1 is 1.29 bits per heavy atom. The van der Waals surface area contributed by atoms with Crippen molar-refractivity contribution in [1.29, 1.82) is 0 Å². The van der Waals surface area contributed by atoms with Crippen molar-refractivity contribution in [1.82, 2.24) is 0 Å². The molecule has 5 nitrogen and oxygen atoms in total. The molecule has 0 radical (unpaired) electrons. The monoisotopic (exact) mass is 306 g/mol. The van der Waals surface area contributed by atoms with Crippen LogP contribution in [0.1, 0.15) is 19.3 Å². The molecule has 0 aliphatic carbocycles. The Morgan fingerprint density at radius 2 is 1.76 bits per heavy atom. The fourth-order valence-corrected chi connectivity index (χ4v) is 2.02. The number of hydrogen-bond acceptors (Lipinski definition) is 5. The molecule has 0 N–H and O–H groups in total. The summed E-state index contributed by atoms with van der Waals surface area (Å²) in [4.78, 5) is 34.0. The average Bonchev–Trinajstić information content (AvgIpc) is 2.31. The third-order valence-corrected chi connectivity index (χ3v) is 2.62. The Balaban J connectivity index is 5.33. The van der Waals surface area contributed by atoms with E-state index in [1.54, 1.807) is 0 Å². The zero-order valence-corrected chi connectivity index (χ0v) is 11.4. The number of aldehydes is 1. The highest BCUT2D eigenvalue weighted by Crippen LogP contribution is 2.35. The molecule has 0 saturated heterocycles. The molecule has 0 aromatic carbocycles. The Bertz CT molecular complexity index is 308. The maximum absolute atomic E-state index is 11.8. The first-order valence-electron chi connectivity index (χ1n) is 4.88. The standard InChI is InChI=1S/C11H15BrO5/c1-8(12)7-11(5-4-6-13,9(14)16-2)10(15)17-3/h6H,1,4-5,7H2,2-3H3. The van der Waals surface area contributed by atoms with Gasteiger partial charge in [0.1, 0.15) is 6.29 Å². The second-order valence-electron chi connectivity index (χ2n) is 3.46. The van der Waals surface area contributed by atoms with E-state index in [0.717, 1.165) is 0 Å². The molecule has 0 heterocycles. The molecule has 0 fully saturated rings. The molecule has 0 aromatic heterocycles. The van der Waals surface area contributed by atoms with Gasteiger partial charge in [-0.25, -0.2) is 0 Å². The number of methoxy groups -OCH3 is 2. The lowest BCUT2D eigenvalue weighted by molar-refractivity contribution is -0.169. The van der Waals surface area contributed by atoms with Crippen LogP contribution in [-0.2, 0) is 23.9 Å². The molecule has 0 unspecified atom stereocenters. The lowest BCUT2D eigenvalue weighted by atomic mass is 9.80. The Hall–Kier alpha value is -1.17. The normalized spacial score (nSPS) is 10.5. The van der Waals surface area contributed by atoms with E-state index < -0.39 is 17.4 Å². The van der Waals surface area contributed by atoms with Crippen molar-refractivity contribution in [3.05, 3.63) is 11.1 Å². The van der Waals surface area contributed by atoms with Gasteiger partial charge in [-0.2, -0.15) is 0 Å². The van der Waals surface area contributed by atoms with Gasteiger partial charge in [0.25, 0.3) is 0 Å². The average molecular weight is 307 g/mol. The smallest absolute Gasteiger partial charge is 0.323 e. The van der Waals surface area contributed by atoms with Crippen molar-refractivity contribution in [2.75, 3.05) is 14.2 Å². The topological polar surface area (TPSA) is 69.7 Å². The van der Waals surface area contributed by atoms with Crippen molar-refractivity contribution in [2.45, 2.75) is 19.3 Å². The molecule has 0 aromatic rings. The van der Waals surface area contributed by atoms with Crippen molar-refractivity contribution in [2.24, 2.45) is 5.41 Å². The minimum Gasteiger partial charge on any atom is -0.468 e. The number of esters is 2. The third kappa shape index (κ3) is 3.96. The van der Waals surface area contributed by atoms with Gasteiger partial charge in [-0.15, -0.1) is 0 Å². The first kappa shape index (κ1) is 15.8.